The van der Waals surface area contributed by atoms with Crippen LogP contribution in [0.1, 0.15) is 43.2 Å². The van der Waals surface area contributed by atoms with E-state index in [1.165, 1.54) is 17.3 Å². The first-order chi connectivity index (χ1) is 15.9. The molecule has 3 aromatic carbocycles. The average molecular weight is 456 g/mol. The monoisotopic (exact) mass is 455 g/mol. The van der Waals surface area contributed by atoms with Gasteiger partial charge in [0.25, 0.3) is 0 Å². The molecule has 0 radical (unpaired) electrons. The SMILES string of the molecule is CC(C)c1ccc(C2CC(=O)NC(SCC(=O)Nc3ccc4ccccc4c3)=C2C#N)cc1. The topological polar surface area (TPSA) is 82.0 Å². The number of hydrogen-bond acceptors (Lipinski definition) is 4. The molecular weight excluding hydrogens is 430 g/mol. The van der Waals surface area contributed by atoms with Crippen molar-refractivity contribution in [1.29, 1.82) is 5.26 Å². The Bertz CT molecular complexity index is 1270. The van der Waals surface area contributed by atoms with Crippen LogP contribution in [0.5, 0.6) is 0 Å². The minimum Gasteiger partial charge on any atom is -0.325 e. The summed E-state index contributed by atoms with van der Waals surface area (Å²) in [5, 5.41) is 18.1. The molecule has 0 fully saturated rings. The van der Waals surface area contributed by atoms with E-state index in [0.717, 1.165) is 16.3 Å². The van der Waals surface area contributed by atoms with Crippen LogP contribution in [0.2, 0.25) is 0 Å². The van der Waals surface area contributed by atoms with E-state index in [1.807, 2.05) is 66.7 Å². The predicted octanol–water partition coefficient (Wildman–Crippen LogP) is 5.67. The highest BCUT2D eigenvalue weighted by molar-refractivity contribution is 8.03. The Kier molecular flexibility index (Phi) is 6.81. The Hall–Kier alpha value is -3.56. The number of allylic oxidation sites excluding steroid dienone is 1. The van der Waals surface area contributed by atoms with E-state index in [2.05, 4.69) is 30.6 Å². The average Bonchev–Trinajstić information content (AvgIpc) is 2.82. The second-order valence-corrected chi connectivity index (χ2v) is 9.37. The number of amides is 2. The summed E-state index contributed by atoms with van der Waals surface area (Å²) in [6, 6.07) is 24.0. The number of carbonyl (C=O) groups excluding carboxylic acids is 2. The zero-order valence-corrected chi connectivity index (χ0v) is 19.4. The van der Waals surface area contributed by atoms with Gasteiger partial charge in [0.05, 0.1) is 22.4 Å². The molecule has 1 aliphatic heterocycles. The largest absolute Gasteiger partial charge is 0.325 e. The third-order valence-electron chi connectivity index (χ3n) is 5.74. The molecular formula is C27H25N3O2S. The Morgan fingerprint density at radius 2 is 1.85 bits per heavy atom. The van der Waals surface area contributed by atoms with Crippen LogP contribution in [-0.2, 0) is 9.59 Å². The lowest BCUT2D eigenvalue weighted by molar-refractivity contribution is -0.121. The molecule has 3 aromatic rings. The fourth-order valence-corrected chi connectivity index (χ4v) is 4.81. The smallest absolute Gasteiger partial charge is 0.234 e. The van der Waals surface area contributed by atoms with Crippen molar-refractivity contribution in [2.75, 3.05) is 11.1 Å². The van der Waals surface area contributed by atoms with E-state index in [9.17, 15) is 14.9 Å². The van der Waals surface area contributed by atoms with Crippen LogP contribution in [0.3, 0.4) is 0 Å². The van der Waals surface area contributed by atoms with Crippen LogP contribution < -0.4 is 10.6 Å². The minimum atomic E-state index is -0.309. The number of fused-ring (bicyclic) bond motifs is 1. The van der Waals surface area contributed by atoms with Crippen molar-refractivity contribution in [3.05, 3.63) is 88.5 Å². The molecule has 5 nitrogen and oxygen atoms in total. The van der Waals surface area contributed by atoms with Crippen LogP contribution in [0.15, 0.2) is 77.3 Å². The van der Waals surface area contributed by atoms with Crippen LogP contribution >= 0.6 is 11.8 Å². The number of benzene rings is 3. The Morgan fingerprint density at radius 3 is 2.55 bits per heavy atom. The highest BCUT2D eigenvalue weighted by Gasteiger charge is 2.30. The van der Waals surface area contributed by atoms with Gasteiger partial charge < -0.3 is 10.6 Å². The van der Waals surface area contributed by atoms with Crippen molar-refractivity contribution in [3.8, 4) is 6.07 Å². The van der Waals surface area contributed by atoms with Gasteiger partial charge in [-0.15, -0.1) is 0 Å². The summed E-state index contributed by atoms with van der Waals surface area (Å²) in [6.07, 6.45) is 0.220. The van der Waals surface area contributed by atoms with Crippen molar-refractivity contribution < 1.29 is 9.59 Å². The van der Waals surface area contributed by atoms with Crippen molar-refractivity contribution in [1.82, 2.24) is 5.32 Å². The van der Waals surface area contributed by atoms with Crippen molar-refractivity contribution in [3.63, 3.8) is 0 Å². The molecule has 0 saturated heterocycles. The maximum Gasteiger partial charge on any atom is 0.234 e. The van der Waals surface area contributed by atoms with Crippen LogP contribution in [0.4, 0.5) is 5.69 Å². The first kappa shape index (κ1) is 22.6. The first-order valence-electron chi connectivity index (χ1n) is 10.9. The third-order valence-corrected chi connectivity index (χ3v) is 6.76. The van der Waals surface area contributed by atoms with Gasteiger partial charge in [-0.3, -0.25) is 9.59 Å². The molecule has 0 aromatic heterocycles. The van der Waals surface area contributed by atoms with Gasteiger partial charge in [0.15, 0.2) is 0 Å². The summed E-state index contributed by atoms with van der Waals surface area (Å²) in [5.74, 6) is -0.155. The first-order valence-corrected chi connectivity index (χ1v) is 11.9. The van der Waals surface area contributed by atoms with Gasteiger partial charge in [-0.25, -0.2) is 0 Å². The molecule has 0 aliphatic carbocycles. The lowest BCUT2D eigenvalue weighted by Gasteiger charge is -2.25. The summed E-state index contributed by atoms with van der Waals surface area (Å²) < 4.78 is 0. The van der Waals surface area contributed by atoms with Gasteiger partial charge in [-0.1, -0.05) is 80.2 Å². The zero-order valence-electron chi connectivity index (χ0n) is 18.6. The number of nitrogens with zero attached hydrogens (tertiary/aromatic N) is 1. The number of anilines is 1. The molecule has 0 saturated carbocycles. The molecule has 6 heteroatoms. The highest BCUT2D eigenvalue weighted by atomic mass is 32.2. The molecule has 1 atom stereocenters. The summed E-state index contributed by atoms with van der Waals surface area (Å²) in [7, 11) is 0. The zero-order chi connectivity index (χ0) is 23.4. The highest BCUT2D eigenvalue weighted by Crippen LogP contribution is 2.36. The third kappa shape index (κ3) is 5.27. The molecule has 2 amide bonds. The lowest BCUT2D eigenvalue weighted by Crippen LogP contribution is -2.31. The maximum atomic E-state index is 12.6. The maximum absolute atomic E-state index is 12.6. The molecule has 2 N–H and O–H groups in total. The van der Waals surface area contributed by atoms with E-state index in [1.54, 1.807) is 0 Å². The number of carbonyl (C=O) groups is 2. The molecule has 1 heterocycles. The number of nitriles is 1. The summed E-state index contributed by atoms with van der Waals surface area (Å²) in [6.45, 7) is 4.25. The quantitative estimate of drug-likeness (QED) is 0.501. The van der Waals surface area contributed by atoms with Crippen LogP contribution in [0, 0.1) is 11.3 Å². The van der Waals surface area contributed by atoms with Crippen LogP contribution in [-0.4, -0.2) is 17.6 Å². The van der Waals surface area contributed by atoms with Crippen LogP contribution in [0.25, 0.3) is 10.8 Å². The van der Waals surface area contributed by atoms with E-state index in [0.29, 0.717) is 22.2 Å². The fraction of sp³-hybridized carbons (Fsp3) is 0.222. The predicted molar refractivity (Wildman–Crippen MR) is 134 cm³/mol. The standard InChI is InChI=1S/C27H25N3O2S/c1-17(2)18-7-9-20(10-8-18)23-14-25(31)30-27(24(23)15-28)33-16-26(32)29-22-12-11-19-5-3-4-6-21(19)13-22/h3-13,17,23H,14,16H2,1-2H3,(H,29,32)(H,30,31). The summed E-state index contributed by atoms with van der Waals surface area (Å²) in [4.78, 5) is 25.0. The van der Waals surface area contributed by atoms with Gasteiger partial charge >= 0.3 is 0 Å². The number of hydrogen-bond donors (Lipinski definition) is 2. The van der Waals surface area contributed by atoms with Crippen molar-refractivity contribution >= 4 is 40.0 Å². The number of rotatable bonds is 6. The van der Waals surface area contributed by atoms with Gasteiger partial charge in [0, 0.05) is 18.0 Å². The number of thioether (sulfide) groups is 1. The Labute approximate surface area is 197 Å². The Balaban J connectivity index is 1.48. The van der Waals surface area contributed by atoms with Crippen molar-refractivity contribution in [2.24, 2.45) is 0 Å². The second kappa shape index (κ2) is 9.93. The minimum absolute atomic E-state index is 0.0899. The summed E-state index contributed by atoms with van der Waals surface area (Å²) in [5.41, 5.74) is 3.35. The molecule has 33 heavy (non-hydrogen) atoms. The van der Waals surface area contributed by atoms with Gasteiger partial charge in [-0.05, 0) is 39.9 Å². The van der Waals surface area contributed by atoms with E-state index < -0.39 is 0 Å². The molecule has 1 aliphatic rings. The lowest BCUT2D eigenvalue weighted by atomic mass is 9.86. The fourth-order valence-electron chi connectivity index (χ4n) is 3.93. The normalized spacial score (nSPS) is 15.9. The van der Waals surface area contributed by atoms with E-state index >= 15 is 0 Å². The second-order valence-electron chi connectivity index (χ2n) is 8.38. The molecule has 1 unspecified atom stereocenters. The van der Waals surface area contributed by atoms with Gasteiger partial charge in [-0.2, -0.15) is 5.26 Å². The van der Waals surface area contributed by atoms with Crippen molar-refractivity contribution in [2.45, 2.75) is 32.1 Å². The summed E-state index contributed by atoms with van der Waals surface area (Å²) >= 11 is 1.18. The van der Waals surface area contributed by atoms with E-state index in [4.69, 9.17) is 0 Å². The molecule has 0 bridgehead atoms. The molecule has 166 valence electrons. The van der Waals surface area contributed by atoms with Gasteiger partial charge in [0.2, 0.25) is 11.8 Å². The number of nitrogens with one attached hydrogen (secondary N) is 2. The Morgan fingerprint density at radius 1 is 1.12 bits per heavy atom. The van der Waals surface area contributed by atoms with E-state index in [-0.39, 0.29) is 29.9 Å². The van der Waals surface area contributed by atoms with Gasteiger partial charge in [0.1, 0.15) is 0 Å². The molecule has 4 rings (SSSR count). The molecule has 0 spiro atoms.